The molecule has 3 rings (SSSR count). The number of nitrogens with one attached hydrogen (secondary N) is 1. The quantitative estimate of drug-likeness (QED) is 0.829. The Morgan fingerprint density at radius 1 is 1.35 bits per heavy atom. The zero-order chi connectivity index (χ0) is 11.8. The molecule has 17 heavy (non-hydrogen) atoms. The molecule has 1 aromatic heterocycles. The van der Waals surface area contributed by atoms with Gasteiger partial charge in [0.1, 0.15) is 11.6 Å². The summed E-state index contributed by atoms with van der Waals surface area (Å²) in [4.78, 5) is 0. The van der Waals surface area contributed by atoms with Crippen molar-refractivity contribution < 1.29 is 4.74 Å². The summed E-state index contributed by atoms with van der Waals surface area (Å²) in [5.74, 6) is 1.47. The van der Waals surface area contributed by atoms with Crippen molar-refractivity contribution in [3.8, 4) is 16.9 Å². The highest BCUT2D eigenvalue weighted by atomic mass is 16.5. The summed E-state index contributed by atoms with van der Waals surface area (Å²) >= 11 is 0. The third-order valence-electron chi connectivity index (χ3n) is 3.40. The molecule has 1 aromatic carbocycles. The Hall–Kier alpha value is -1.97. The predicted octanol–water partition coefficient (Wildman–Crippen LogP) is 2.16. The van der Waals surface area contributed by atoms with E-state index in [1.165, 1.54) is 17.5 Å². The van der Waals surface area contributed by atoms with E-state index in [9.17, 15) is 0 Å². The van der Waals surface area contributed by atoms with Gasteiger partial charge in [0.15, 0.2) is 0 Å². The van der Waals surface area contributed by atoms with Gasteiger partial charge in [0.25, 0.3) is 0 Å². The van der Waals surface area contributed by atoms with Crippen molar-refractivity contribution in [2.75, 3.05) is 12.8 Å². The Kier molecular flexibility index (Phi) is 2.28. The maximum Gasteiger partial charge on any atom is 0.127 e. The molecule has 0 saturated carbocycles. The number of nitrogens with zero attached hydrogens (tertiary/aromatic N) is 1. The number of anilines is 1. The average molecular weight is 229 g/mol. The van der Waals surface area contributed by atoms with Gasteiger partial charge in [-0.25, -0.2) is 0 Å². The molecule has 88 valence electrons. The molecular formula is C13H15N3O. The molecule has 0 unspecified atom stereocenters. The summed E-state index contributed by atoms with van der Waals surface area (Å²) in [6.45, 7) is 0. The Morgan fingerprint density at radius 2 is 2.24 bits per heavy atom. The lowest BCUT2D eigenvalue weighted by Gasteiger charge is -2.12. The van der Waals surface area contributed by atoms with E-state index in [0.717, 1.165) is 29.7 Å². The number of hydrogen-bond donors (Lipinski definition) is 2. The number of nitrogen functional groups attached to an aromatic ring is 1. The first-order valence-corrected chi connectivity index (χ1v) is 5.79. The van der Waals surface area contributed by atoms with Gasteiger partial charge >= 0.3 is 0 Å². The number of aromatic nitrogens is 2. The Morgan fingerprint density at radius 3 is 2.94 bits per heavy atom. The number of rotatable bonds is 2. The molecule has 2 aromatic rings. The van der Waals surface area contributed by atoms with Crippen LogP contribution in [0.4, 0.5) is 5.82 Å². The number of aryl methyl sites for hydroxylation is 1. The van der Waals surface area contributed by atoms with Gasteiger partial charge in [-0.2, -0.15) is 5.10 Å². The second-order valence-corrected chi connectivity index (χ2v) is 4.33. The minimum Gasteiger partial charge on any atom is -0.496 e. The van der Waals surface area contributed by atoms with Crippen LogP contribution in [0.25, 0.3) is 11.1 Å². The third kappa shape index (κ3) is 1.48. The van der Waals surface area contributed by atoms with Crippen LogP contribution >= 0.6 is 0 Å². The van der Waals surface area contributed by atoms with E-state index < -0.39 is 0 Å². The number of ether oxygens (including phenoxy) is 1. The van der Waals surface area contributed by atoms with Crippen molar-refractivity contribution in [1.29, 1.82) is 0 Å². The largest absolute Gasteiger partial charge is 0.496 e. The lowest BCUT2D eigenvalue weighted by Crippen LogP contribution is -1.96. The summed E-state index contributed by atoms with van der Waals surface area (Å²) in [5.41, 5.74) is 10.7. The summed E-state index contributed by atoms with van der Waals surface area (Å²) in [5, 5.41) is 6.78. The fourth-order valence-electron chi connectivity index (χ4n) is 2.61. The molecule has 0 aliphatic heterocycles. The molecule has 1 aliphatic carbocycles. The van der Waals surface area contributed by atoms with E-state index in [1.807, 2.05) is 6.07 Å². The van der Waals surface area contributed by atoms with Gasteiger partial charge in [0.2, 0.25) is 0 Å². The highest BCUT2D eigenvalue weighted by molar-refractivity contribution is 5.82. The standard InChI is InChI=1S/C13H15N3O/c1-17-11-6-5-8-3-2-4-9(8)12(11)10-7-15-16-13(10)14/h5-7H,2-4H2,1H3,(H3,14,15,16). The molecule has 0 amide bonds. The monoisotopic (exact) mass is 229 g/mol. The molecule has 4 nitrogen and oxygen atoms in total. The lowest BCUT2D eigenvalue weighted by molar-refractivity contribution is 0.416. The summed E-state index contributed by atoms with van der Waals surface area (Å²) < 4.78 is 5.45. The van der Waals surface area contributed by atoms with Gasteiger partial charge in [-0.15, -0.1) is 0 Å². The molecule has 0 atom stereocenters. The average Bonchev–Trinajstić information content (AvgIpc) is 2.96. The molecule has 3 N–H and O–H groups in total. The number of methoxy groups -OCH3 is 1. The SMILES string of the molecule is COc1ccc2c(c1-c1cn[nH]c1N)CCC2. The van der Waals surface area contributed by atoms with Gasteiger partial charge < -0.3 is 10.5 Å². The predicted molar refractivity (Wildman–Crippen MR) is 67.0 cm³/mol. The van der Waals surface area contributed by atoms with Crippen LogP contribution in [0.2, 0.25) is 0 Å². The zero-order valence-electron chi connectivity index (χ0n) is 9.79. The molecular weight excluding hydrogens is 214 g/mol. The minimum atomic E-state index is 0.601. The van der Waals surface area contributed by atoms with Crippen LogP contribution in [0.15, 0.2) is 18.3 Å². The summed E-state index contributed by atoms with van der Waals surface area (Å²) in [7, 11) is 1.69. The molecule has 4 heteroatoms. The zero-order valence-corrected chi connectivity index (χ0v) is 9.79. The number of fused-ring (bicyclic) bond motifs is 1. The van der Waals surface area contributed by atoms with Crippen molar-refractivity contribution >= 4 is 5.82 Å². The number of H-pyrrole nitrogens is 1. The molecule has 1 heterocycles. The van der Waals surface area contributed by atoms with Crippen molar-refractivity contribution in [3.63, 3.8) is 0 Å². The van der Waals surface area contributed by atoms with Crippen molar-refractivity contribution in [3.05, 3.63) is 29.5 Å². The van der Waals surface area contributed by atoms with Crippen molar-refractivity contribution in [2.45, 2.75) is 19.3 Å². The summed E-state index contributed by atoms with van der Waals surface area (Å²) in [6, 6.07) is 4.17. The maximum atomic E-state index is 5.92. The van der Waals surface area contributed by atoms with Gasteiger partial charge in [-0.05, 0) is 36.5 Å². The van der Waals surface area contributed by atoms with Crippen LogP contribution < -0.4 is 10.5 Å². The summed E-state index contributed by atoms with van der Waals surface area (Å²) in [6.07, 6.45) is 5.20. The van der Waals surface area contributed by atoms with Crippen LogP contribution in [-0.2, 0) is 12.8 Å². The van der Waals surface area contributed by atoms with E-state index in [-0.39, 0.29) is 0 Å². The van der Waals surface area contributed by atoms with Gasteiger partial charge in [-0.1, -0.05) is 6.07 Å². The van der Waals surface area contributed by atoms with E-state index in [2.05, 4.69) is 16.3 Å². The number of benzene rings is 1. The van der Waals surface area contributed by atoms with Crippen molar-refractivity contribution in [2.24, 2.45) is 0 Å². The first-order valence-electron chi connectivity index (χ1n) is 5.79. The Labute approximate surface area is 99.8 Å². The molecule has 1 aliphatic rings. The van der Waals surface area contributed by atoms with E-state index >= 15 is 0 Å². The van der Waals surface area contributed by atoms with Gasteiger partial charge in [0.05, 0.1) is 13.3 Å². The first-order chi connectivity index (χ1) is 8.31. The normalized spacial score (nSPS) is 13.7. The minimum absolute atomic E-state index is 0.601. The van der Waals surface area contributed by atoms with E-state index in [4.69, 9.17) is 10.5 Å². The molecule has 0 saturated heterocycles. The highest BCUT2D eigenvalue weighted by Crippen LogP contribution is 2.40. The van der Waals surface area contributed by atoms with Crippen molar-refractivity contribution in [1.82, 2.24) is 10.2 Å². The number of aromatic amines is 1. The Bertz CT molecular complexity index is 560. The first kappa shape index (κ1) is 10.2. The fraction of sp³-hybridized carbons (Fsp3) is 0.308. The fourth-order valence-corrected chi connectivity index (χ4v) is 2.61. The van der Waals surface area contributed by atoms with Gasteiger partial charge in [-0.3, -0.25) is 5.10 Å². The highest BCUT2D eigenvalue weighted by Gasteiger charge is 2.21. The van der Waals surface area contributed by atoms with E-state index in [1.54, 1.807) is 13.3 Å². The van der Waals surface area contributed by atoms with E-state index in [0.29, 0.717) is 5.82 Å². The van der Waals surface area contributed by atoms with Crippen LogP contribution in [0.5, 0.6) is 5.75 Å². The maximum absolute atomic E-state index is 5.92. The topological polar surface area (TPSA) is 63.9 Å². The second-order valence-electron chi connectivity index (χ2n) is 4.33. The number of nitrogens with two attached hydrogens (primary N) is 1. The molecule has 0 bridgehead atoms. The molecule has 0 fully saturated rings. The third-order valence-corrected chi connectivity index (χ3v) is 3.40. The smallest absolute Gasteiger partial charge is 0.127 e. The lowest BCUT2D eigenvalue weighted by atomic mass is 9.97. The molecule has 0 spiro atoms. The number of hydrogen-bond acceptors (Lipinski definition) is 3. The Balaban J connectivity index is 2.27. The van der Waals surface area contributed by atoms with Gasteiger partial charge in [0, 0.05) is 11.1 Å². The van der Waals surface area contributed by atoms with Crippen LogP contribution in [-0.4, -0.2) is 17.3 Å². The second kappa shape index (κ2) is 3.80. The molecule has 0 radical (unpaired) electrons. The van der Waals surface area contributed by atoms with Crippen LogP contribution in [0.1, 0.15) is 17.5 Å². The van der Waals surface area contributed by atoms with Crippen LogP contribution in [0, 0.1) is 0 Å². The van der Waals surface area contributed by atoms with Crippen LogP contribution in [0.3, 0.4) is 0 Å².